The average molecular weight is 266 g/mol. The number of rotatable bonds is 6. The quantitative estimate of drug-likeness (QED) is 0.799. The predicted octanol–water partition coefficient (Wildman–Crippen LogP) is 1.86. The Balaban J connectivity index is 2.18. The number of halogens is 1. The first-order chi connectivity index (χ1) is 9.26. The Labute approximate surface area is 112 Å². The van der Waals surface area contributed by atoms with Crippen LogP contribution in [-0.2, 0) is 9.53 Å². The summed E-state index contributed by atoms with van der Waals surface area (Å²) in [6, 6.07) is 4.79. The molecule has 0 bridgehead atoms. The van der Waals surface area contributed by atoms with E-state index in [-0.39, 0.29) is 11.9 Å². The Bertz CT molecular complexity index is 433. The van der Waals surface area contributed by atoms with Gasteiger partial charge in [-0.2, -0.15) is 0 Å². The summed E-state index contributed by atoms with van der Waals surface area (Å²) >= 11 is 0. The monoisotopic (exact) mass is 266 g/mol. The Hall–Kier alpha value is -1.62. The van der Waals surface area contributed by atoms with E-state index >= 15 is 0 Å². The summed E-state index contributed by atoms with van der Waals surface area (Å²) in [5.74, 6) is -0.242. The van der Waals surface area contributed by atoms with Crippen molar-refractivity contribution in [1.82, 2.24) is 5.32 Å². The lowest BCUT2D eigenvalue weighted by Gasteiger charge is -2.21. The van der Waals surface area contributed by atoms with Crippen LogP contribution in [0.15, 0.2) is 18.2 Å². The molecule has 1 saturated heterocycles. The third kappa shape index (κ3) is 3.23. The standard InChI is InChI=1S/C14H19FN2O2/c1-19-9-13(16-10-18)11-4-5-14(12(15)8-11)17-6-2-3-7-17/h4-5,8,10,13H,2-3,6-7,9H2,1H3,(H,16,18). The third-order valence-corrected chi connectivity index (χ3v) is 3.42. The first-order valence-corrected chi connectivity index (χ1v) is 6.49. The van der Waals surface area contributed by atoms with Crippen molar-refractivity contribution in [3.05, 3.63) is 29.6 Å². The van der Waals surface area contributed by atoms with Crippen molar-refractivity contribution < 1.29 is 13.9 Å². The van der Waals surface area contributed by atoms with Gasteiger partial charge in [-0.3, -0.25) is 4.79 Å². The van der Waals surface area contributed by atoms with Gasteiger partial charge in [-0.25, -0.2) is 4.39 Å². The van der Waals surface area contributed by atoms with Gasteiger partial charge in [-0.1, -0.05) is 6.07 Å². The number of hydrogen-bond acceptors (Lipinski definition) is 3. The third-order valence-electron chi connectivity index (χ3n) is 3.42. The molecule has 19 heavy (non-hydrogen) atoms. The molecule has 104 valence electrons. The average Bonchev–Trinajstić information content (AvgIpc) is 2.92. The molecule has 1 atom stereocenters. The van der Waals surface area contributed by atoms with E-state index in [1.165, 1.54) is 6.07 Å². The van der Waals surface area contributed by atoms with Crippen molar-refractivity contribution in [3.63, 3.8) is 0 Å². The van der Waals surface area contributed by atoms with Crippen LogP contribution in [0.3, 0.4) is 0 Å². The van der Waals surface area contributed by atoms with Gasteiger partial charge in [-0.05, 0) is 30.5 Å². The number of ether oxygens (including phenoxy) is 1. The van der Waals surface area contributed by atoms with Gasteiger partial charge in [0.15, 0.2) is 0 Å². The summed E-state index contributed by atoms with van der Waals surface area (Å²) in [5.41, 5.74) is 1.36. The first kappa shape index (κ1) is 13.8. The van der Waals surface area contributed by atoms with Crippen LogP contribution in [0.4, 0.5) is 10.1 Å². The zero-order chi connectivity index (χ0) is 13.7. The van der Waals surface area contributed by atoms with Crippen molar-refractivity contribution in [2.45, 2.75) is 18.9 Å². The summed E-state index contributed by atoms with van der Waals surface area (Å²) in [6.07, 6.45) is 2.83. The number of hydrogen-bond donors (Lipinski definition) is 1. The van der Waals surface area contributed by atoms with Gasteiger partial charge < -0.3 is 15.0 Å². The zero-order valence-electron chi connectivity index (χ0n) is 11.1. The van der Waals surface area contributed by atoms with Gasteiger partial charge >= 0.3 is 0 Å². The summed E-state index contributed by atoms with van der Waals surface area (Å²) < 4.78 is 19.2. The molecule has 0 saturated carbocycles. The molecule has 4 nitrogen and oxygen atoms in total. The Morgan fingerprint density at radius 3 is 2.79 bits per heavy atom. The van der Waals surface area contributed by atoms with Crippen molar-refractivity contribution in [3.8, 4) is 0 Å². The Kier molecular flexibility index (Phi) is 4.74. The number of benzene rings is 1. The van der Waals surface area contributed by atoms with Crippen LogP contribution < -0.4 is 10.2 Å². The highest BCUT2D eigenvalue weighted by atomic mass is 19.1. The van der Waals surface area contributed by atoms with E-state index in [9.17, 15) is 9.18 Å². The number of carbonyl (C=O) groups is 1. The van der Waals surface area contributed by atoms with E-state index in [4.69, 9.17) is 4.74 Å². The van der Waals surface area contributed by atoms with E-state index in [1.54, 1.807) is 13.2 Å². The Morgan fingerprint density at radius 2 is 2.21 bits per heavy atom. The van der Waals surface area contributed by atoms with Crippen LogP contribution in [-0.4, -0.2) is 33.2 Å². The summed E-state index contributed by atoms with van der Waals surface area (Å²) in [5, 5.41) is 2.63. The fourth-order valence-corrected chi connectivity index (χ4v) is 2.44. The van der Waals surface area contributed by atoms with Crippen molar-refractivity contribution >= 4 is 12.1 Å². The number of nitrogens with zero attached hydrogens (tertiary/aromatic N) is 1. The molecule has 0 spiro atoms. The van der Waals surface area contributed by atoms with Crippen LogP contribution in [0.25, 0.3) is 0 Å². The summed E-state index contributed by atoms with van der Waals surface area (Å²) in [4.78, 5) is 12.6. The highest BCUT2D eigenvalue weighted by Crippen LogP contribution is 2.26. The molecule has 1 heterocycles. The summed E-state index contributed by atoms with van der Waals surface area (Å²) in [6.45, 7) is 2.13. The molecule has 1 unspecified atom stereocenters. The SMILES string of the molecule is COCC(NC=O)c1ccc(N2CCCC2)c(F)c1. The van der Waals surface area contributed by atoms with Crippen molar-refractivity contribution in [2.24, 2.45) is 0 Å². The smallest absolute Gasteiger partial charge is 0.207 e. The maximum atomic E-state index is 14.1. The van der Waals surface area contributed by atoms with Gasteiger partial charge in [0.05, 0.1) is 18.3 Å². The fourth-order valence-electron chi connectivity index (χ4n) is 2.44. The molecule has 1 fully saturated rings. The van der Waals surface area contributed by atoms with Crippen molar-refractivity contribution in [1.29, 1.82) is 0 Å². The second-order valence-electron chi connectivity index (χ2n) is 4.70. The maximum absolute atomic E-state index is 14.1. The van der Waals surface area contributed by atoms with E-state index in [0.717, 1.165) is 31.5 Å². The minimum Gasteiger partial charge on any atom is -0.382 e. The van der Waals surface area contributed by atoms with Gasteiger partial charge in [0, 0.05) is 20.2 Å². The van der Waals surface area contributed by atoms with Gasteiger partial charge in [-0.15, -0.1) is 0 Å². The highest BCUT2D eigenvalue weighted by molar-refractivity contribution is 5.52. The van der Waals surface area contributed by atoms with E-state index in [2.05, 4.69) is 10.2 Å². The molecule has 5 heteroatoms. The molecule has 1 amide bonds. The lowest BCUT2D eigenvalue weighted by molar-refractivity contribution is -0.110. The molecular formula is C14H19FN2O2. The molecule has 1 aliphatic heterocycles. The number of amides is 1. The first-order valence-electron chi connectivity index (χ1n) is 6.49. The molecule has 1 aliphatic rings. The van der Waals surface area contributed by atoms with Crippen molar-refractivity contribution in [2.75, 3.05) is 31.7 Å². The second kappa shape index (κ2) is 6.52. The largest absolute Gasteiger partial charge is 0.382 e. The number of anilines is 1. The van der Waals surface area contributed by atoms with Crippen LogP contribution in [0.1, 0.15) is 24.4 Å². The number of carbonyl (C=O) groups excluding carboxylic acids is 1. The van der Waals surface area contributed by atoms with Crippen LogP contribution in [0.5, 0.6) is 0 Å². The minimum atomic E-state index is -0.315. The minimum absolute atomic E-state index is 0.242. The van der Waals surface area contributed by atoms with Crippen LogP contribution in [0.2, 0.25) is 0 Å². The lowest BCUT2D eigenvalue weighted by Crippen LogP contribution is -2.24. The zero-order valence-corrected chi connectivity index (χ0v) is 11.1. The number of methoxy groups -OCH3 is 1. The van der Waals surface area contributed by atoms with Crippen LogP contribution in [0, 0.1) is 5.82 Å². The lowest BCUT2D eigenvalue weighted by atomic mass is 10.1. The molecule has 1 N–H and O–H groups in total. The molecule has 0 aromatic heterocycles. The van der Waals surface area contributed by atoms with Gasteiger partial charge in [0.1, 0.15) is 5.82 Å². The molecule has 0 radical (unpaired) electrons. The molecule has 2 rings (SSSR count). The second-order valence-corrected chi connectivity index (χ2v) is 4.70. The molecule has 1 aromatic rings. The van der Waals surface area contributed by atoms with Crippen LogP contribution >= 0.6 is 0 Å². The predicted molar refractivity (Wildman–Crippen MR) is 71.7 cm³/mol. The summed E-state index contributed by atoms with van der Waals surface area (Å²) in [7, 11) is 1.55. The number of nitrogens with one attached hydrogen (secondary N) is 1. The van der Waals surface area contributed by atoms with E-state index < -0.39 is 0 Å². The van der Waals surface area contributed by atoms with E-state index in [0.29, 0.717) is 18.7 Å². The van der Waals surface area contributed by atoms with E-state index in [1.807, 2.05) is 6.07 Å². The van der Waals surface area contributed by atoms with Gasteiger partial charge in [0.2, 0.25) is 6.41 Å². The highest BCUT2D eigenvalue weighted by Gasteiger charge is 2.18. The Morgan fingerprint density at radius 1 is 1.47 bits per heavy atom. The maximum Gasteiger partial charge on any atom is 0.207 e. The fraction of sp³-hybridized carbons (Fsp3) is 0.500. The molecule has 1 aromatic carbocycles. The van der Waals surface area contributed by atoms with Gasteiger partial charge in [0.25, 0.3) is 0 Å². The molecule has 0 aliphatic carbocycles. The topological polar surface area (TPSA) is 41.6 Å². The normalized spacial score (nSPS) is 16.4. The molecular weight excluding hydrogens is 247 g/mol.